The lowest BCUT2D eigenvalue weighted by molar-refractivity contribution is -0.671. The Labute approximate surface area is 72.4 Å². The third-order valence-electron chi connectivity index (χ3n) is 1.66. The number of imidazole rings is 1. The Morgan fingerprint density at radius 1 is 1.64 bits per heavy atom. The zero-order chi connectivity index (χ0) is 8.27. The quantitative estimate of drug-likeness (QED) is 0.617. The monoisotopic (exact) mass is 173 g/mol. The van der Waals surface area contributed by atoms with Crippen molar-refractivity contribution in [1.29, 1.82) is 0 Å². The second-order valence-corrected chi connectivity index (χ2v) is 3.17. The Morgan fingerprint density at radius 2 is 2.36 bits per heavy atom. The van der Waals surface area contributed by atoms with Gasteiger partial charge in [-0.3, -0.25) is 0 Å². The molecule has 0 saturated carbocycles. The van der Waals surface area contributed by atoms with Crippen molar-refractivity contribution in [3.63, 3.8) is 0 Å². The van der Waals surface area contributed by atoms with Crippen molar-refractivity contribution in [3.05, 3.63) is 17.7 Å². The van der Waals surface area contributed by atoms with E-state index in [1.165, 1.54) is 12.8 Å². The molecule has 0 spiro atoms. The molecule has 0 atom stereocenters. The zero-order valence-corrected chi connectivity index (χ0v) is 7.80. The summed E-state index contributed by atoms with van der Waals surface area (Å²) >= 11 is 5.92. The molecule has 0 radical (unpaired) electrons. The van der Waals surface area contributed by atoms with E-state index in [2.05, 4.69) is 11.5 Å². The minimum absolute atomic E-state index is 0.820. The maximum absolute atomic E-state index is 5.92. The first-order valence-corrected chi connectivity index (χ1v) is 4.32. The van der Waals surface area contributed by atoms with Crippen LogP contribution in [0.1, 0.15) is 19.8 Å². The van der Waals surface area contributed by atoms with Gasteiger partial charge in [0.05, 0.1) is 13.6 Å². The molecule has 0 fully saturated rings. The van der Waals surface area contributed by atoms with Crippen LogP contribution in [0.3, 0.4) is 0 Å². The lowest BCUT2D eigenvalue weighted by Crippen LogP contribution is -2.23. The van der Waals surface area contributed by atoms with Crippen LogP contribution < -0.4 is 4.57 Å². The van der Waals surface area contributed by atoms with Gasteiger partial charge in [-0.15, -0.1) is 0 Å². The molecule has 1 aromatic rings. The molecule has 0 aromatic carbocycles. The molecule has 0 saturated heterocycles. The molecule has 62 valence electrons. The fourth-order valence-electron chi connectivity index (χ4n) is 1.04. The van der Waals surface area contributed by atoms with Crippen LogP contribution in [0.15, 0.2) is 12.5 Å². The molecule has 0 unspecified atom stereocenters. The highest BCUT2D eigenvalue weighted by atomic mass is 35.5. The minimum atomic E-state index is 0.820. The van der Waals surface area contributed by atoms with E-state index in [1.54, 1.807) is 0 Å². The first kappa shape index (κ1) is 8.60. The molecule has 2 nitrogen and oxygen atoms in total. The first-order chi connectivity index (χ1) is 5.24. The highest BCUT2D eigenvalue weighted by Crippen LogP contribution is 2.06. The number of halogens is 1. The topological polar surface area (TPSA) is 8.81 Å². The van der Waals surface area contributed by atoms with Gasteiger partial charge in [0.25, 0.3) is 0 Å². The van der Waals surface area contributed by atoms with E-state index in [9.17, 15) is 0 Å². The number of nitrogens with zero attached hydrogens (tertiary/aromatic N) is 2. The normalized spacial score (nSPS) is 10.5. The fraction of sp³-hybridized carbons (Fsp3) is 0.625. The summed E-state index contributed by atoms with van der Waals surface area (Å²) in [6.45, 7) is 3.20. The average molecular weight is 174 g/mol. The largest absolute Gasteiger partial charge is 0.244 e. The lowest BCUT2D eigenvalue weighted by Gasteiger charge is -1.92. The van der Waals surface area contributed by atoms with Crippen molar-refractivity contribution >= 4 is 11.6 Å². The van der Waals surface area contributed by atoms with Gasteiger partial charge in [0.1, 0.15) is 6.20 Å². The van der Waals surface area contributed by atoms with Crippen LogP contribution in [0.2, 0.25) is 5.15 Å². The summed E-state index contributed by atoms with van der Waals surface area (Å²) in [5.41, 5.74) is 0. The molecule has 0 bridgehead atoms. The molecule has 0 N–H and O–H groups in total. The van der Waals surface area contributed by atoms with Crippen molar-refractivity contribution in [2.75, 3.05) is 0 Å². The molecule has 1 heterocycles. The summed E-state index contributed by atoms with van der Waals surface area (Å²) in [4.78, 5) is 0. The van der Waals surface area contributed by atoms with Gasteiger partial charge in [-0.1, -0.05) is 13.3 Å². The SMILES string of the molecule is CCCCn1c[n+](C)cc1Cl. The van der Waals surface area contributed by atoms with Gasteiger partial charge in [-0.2, -0.15) is 0 Å². The second kappa shape index (κ2) is 3.77. The second-order valence-electron chi connectivity index (χ2n) is 2.78. The highest BCUT2D eigenvalue weighted by molar-refractivity contribution is 6.29. The number of aryl methyl sites for hydroxylation is 2. The zero-order valence-electron chi connectivity index (χ0n) is 7.05. The van der Waals surface area contributed by atoms with E-state index in [1.807, 2.05) is 24.1 Å². The molecule has 11 heavy (non-hydrogen) atoms. The third-order valence-corrected chi connectivity index (χ3v) is 1.97. The maximum atomic E-state index is 5.92. The molecular weight excluding hydrogens is 160 g/mol. The van der Waals surface area contributed by atoms with Crippen molar-refractivity contribution < 1.29 is 4.57 Å². The van der Waals surface area contributed by atoms with Gasteiger partial charge in [0.2, 0.25) is 11.5 Å². The maximum Gasteiger partial charge on any atom is 0.244 e. The molecule has 0 aliphatic heterocycles. The van der Waals surface area contributed by atoms with Gasteiger partial charge in [-0.05, 0) is 18.0 Å². The summed E-state index contributed by atoms with van der Waals surface area (Å²) in [6, 6.07) is 0. The van der Waals surface area contributed by atoms with Crippen LogP contribution in [0.25, 0.3) is 0 Å². The Bertz CT molecular complexity index is 230. The van der Waals surface area contributed by atoms with E-state index in [-0.39, 0.29) is 0 Å². The molecular formula is C8H14ClN2+. The smallest absolute Gasteiger partial charge is 0.238 e. The van der Waals surface area contributed by atoms with Gasteiger partial charge in [0.15, 0.2) is 0 Å². The third kappa shape index (κ3) is 2.22. The highest BCUT2D eigenvalue weighted by Gasteiger charge is 2.06. The number of unbranched alkanes of at least 4 members (excludes halogenated alkanes) is 1. The molecule has 3 heteroatoms. The summed E-state index contributed by atoms with van der Waals surface area (Å²) in [5.74, 6) is 0. The first-order valence-electron chi connectivity index (χ1n) is 3.95. The van der Waals surface area contributed by atoms with E-state index in [0.717, 1.165) is 11.7 Å². The molecule has 0 aliphatic carbocycles. The van der Waals surface area contributed by atoms with Crippen LogP contribution in [-0.2, 0) is 13.6 Å². The lowest BCUT2D eigenvalue weighted by atomic mass is 10.3. The van der Waals surface area contributed by atoms with Gasteiger partial charge >= 0.3 is 0 Å². The minimum Gasteiger partial charge on any atom is -0.238 e. The van der Waals surface area contributed by atoms with Gasteiger partial charge < -0.3 is 0 Å². The van der Waals surface area contributed by atoms with Gasteiger partial charge in [-0.25, -0.2) is 9.13 Å². The Kier molecular flexibility index (Phi) is 2.94. The predicted octanol–water partition coefficient (Wildman–Crippen LogP) is 1.77. The summed E-state index contributed by atoms with van der Waals surface area (Å²) < 4.78 is 4.03. The van der Waals surface area contributed by atoms with E-state index >= 15 is 0 Å². The Hall–Kier alpha value is -0.500. The van der Waals surface area contributed by atoms with Crippen molar-refractivity contribution in [2.45, 2.75) is 26.3 Å². The standard InChI is InChI=1S/C8H14ClN2/c1-3-4-5-11-7-10(2)6-8(11)9/h6-7H,3-5H2,1-2H3/q+1. The van der Waals surface area contributed by atoms with Crippen LogP contribution in [-0.4, -0.2) is 4.57 Å². The van der Waals surface area contributed by atoms with E-state index in [0.29, 0.717) is 0 Å². The number of hydrogen-bond acceptors (Lipinski definition) is 0. The predicted molar refractivity (Wildman–Crippen MR) is 45.5 cm³/mol. The molecule has 1 aromatic heterocycles. The molecule has 0 aliphatic rings. The van der Waals surface area contributed by atoms with Crippen LogP contribution in [0.5, 0.6) is 0 Å². The van der Waals surface area contributed by atoms with E-state index < -0.39 is 0 Å². The fourth-order valence-corrected chi connectivity index (χ4v) is 1.33. The Morgan fingerprint density at radius 3 is 2.82 bits per heavy atom. The molecule has 0 amide bonds. The van der Waals surface area contributed by atoms with Gasteiger partial charge in [0, 0.05) is 0 Å². The van der Waals surface area contributed by atoms with Crippen molar-refractivity contribution in [3.8, 4) is 0 Å². The van der Waals surface area contributed by atoms with Crippen molar-refractivity contribution in [2.24, 2.45) is 7.05 Å². The van der Waals surface area contributed by atoms with Crippen LogP contribution >= 0.6 is 11.6 Å². The van der Waals surface area contributed by atoms with Crippen LogP contribution in [0.4, 0.5) is 0 Å². The number of rotatable bonds is 3. The summed E-state index contributed by atoms with van der Waals surface area (Å²) in [5, 5.41) is 0.820. The molecule has 1 rings (SSSR count). The average Bonchev–Trinajstić information content (AvgIpc) is 2.26. The van der Waals surface area contributed by atoms with Crippen LogP contribution in [0, 0.1) is 0 Å². The van der Waals surface area contributed by atoms with E-state index in [4.69, 9.17) is 11.6 Å². The van der Waals surface area contributed by atoms with Crippen molar-refractivity contribution in [1.82, 2.24) is 4.57 Å². The Balaban J connectivity index is 2.62. The summed E-state index contributed by atoms with van der Waals surface area (Å²) in [6.07, 6.45) is 6.32. The number of hydrogen-bond donors (Lipinski definition) is 0. The summed E-state index contributed by atoms with van der Waals surface area (Å²) in [7, 11) is 1.98. The number of aromatic nitrogens is 2.